The van der Waals surface area contributed by atoms with Crippen molar-refractivity contribution in [3.05, 3.63) is 11.6 Å². The summed E-state index contributed by atoms with van der Waals surface area (Å²) in [6, 6.07) is 0. The third kappa shape index (κ3) is 6.89. The summed E-state index contributed by atoms with van der Waals surface area (Å²) in [5, 5.41) is 0. The van der Waals surface area contributed by atoms with Crippen LogP contribution in [0.15, 0.2) is 11.6 Å². The number of rotatable bonds is 15. The molecule has 220 valence electrons. The van der Waals surface area contributed by atoms with Gasteiger partial charge in [0, 0.05) is 13.7 Å². The molecule has 3 fully saturated rings. The lowest BCUT2D eigenvalue weighted by molar-refractivity contribution is -0.0771. The molecule has 8 atom stereocenters. The van der Waals surface area contributed by atoms with E-state index < -0.39 is 0 Å². The zero-order chi connectivity index (χ0) is 27.2. The number of hydrogen-bond acceptors (Lipinski definition) is 4. The second-order valence-electron chi connectivity index (χ2n) is 14.3. The van der Waals surface area contributed by atoms with Gasteiger partial charge in [0.15, 0.2) is 0 Å². The smallest absolute Gasteiger partial charge is 0.146 e. The highest BCUT2D eigenvalue weighted by Gasteiger charge is 2.59. The number of methoxy groups -OCH3 is 1. The predicted octanol–water partition coefficient (Wildman–Crippen LogP) is 8.44. The fraction of sp³-hybridized carbons (Fsp3) is 0.941. The molecule has 0 aromatic rings. The molecule has 4 rings (SSSR count). The summed E-state index contributed by atoms with van der Waals surface area (Å²) in [7, 11) is 1.68. The van der Waals surface area contributed by atoms with Gasteiger partial charge in [-0.1, -0.05) is 65.5 Å². The van der Waals surface area contributed by atoms with Gasteiger partial charge in [0.25, 0.3) is 0 Å². The first-order valence-corrected chi connectivity index (χ1v) is 16.2. The van der Waals surface area contributed by atoms with Crippen molar-refractivity contribution in [3.8, 4) is 0 Å². The van der Waals surface area contributed by atoms with E-state index in [4.69, 9.17) is 18.9 Å². The first kappa shape index (κ1) is 30.5. The lowest BCUT2D eigenvalue weighted by Gasteiger charge is -2.58. The summed E-state index contributed by atoms with van der Waals surface area (Å²) in [5.41, 5.74) is 2.73. The van der Waals surface area contributed by atoms with Crippen molar-refractivity contribution in [2.45, 2.75) is 118 Å². The van der Waals surface area contributed by atoms with Gasteiger partial charge in [0.05, 0.1) is 25.9 Å². The van der Waals surface area contributed by atoms with E-state index in [1.807, 2.05) is 0 Å². The van der Waals surface area contributed by atoms with E-state index in [1.165, 1.54) is 64.2 Å². The summed E-state index contributed by atoms with van der Waals surface area (Å²) in [6.45, 7) is 15.7. The van der Waals surface area contributed by atoms with E-state index >= 15 is 0 Å². The highest BCUT2D eigenvalue weighted by molar-refractivity contribution is 5.25. The minimum absolute atomic E-state index is 0.346. The quantitative estimate of drug-likeness (QED) is 0.120. The molecule has 0 N–H and O–H groups in total. The van der Waals surface area contributed by atoms with E-state index in [-0.39, 0.29) is 0 Å². The molecule has 0 aliphatic heterocycles. The molecule has 0 heterocycles. The number of fused-ring (bicyclic) bond motifs is 5. The van der Waals surface area contributed by atoms with E-state index in [9.17, 15) is 0 Å². The van der Waals surface area contributed by atoms with E-state index in [1.54, 1.807) is 12.7 Å². The second kappa shape index (κ2) is 14.0. The SMILES string of the molecule is COCCOCOCCCOC1CC[C@@]2(C)C(=CC[C@H]3[C@@H]4CC[C@H]([C@H](C)CCCC(C)C)[C@@]4(C)CC[C@@H]32)C1. The Bertz CT molecular complexity index is 749. The maximum atomic E-state index is 6.35. The minimum atomic E-state index is 0.346. The fourth-order valence-electron chi connectivity index (χ4n) is 9.52. The fourth-order valence-corrected chi connectivity index (χ4v) is 9.52. The standard InChI is InChI=1S/C34H60O4/c1-25(2)9-7-10-26(3)30-13-14-31-29-12-11-27-23-28(38-20-8-19-36-24-37-22-21-35-6)15-17-33(27,4)32(29)16-18-34(30,31)5/h11,25-26,28-32H,7-10,12-24H2,1-6H3/t26-,28?,29+,30-,31+,32+,33+,34-/m1/s1. The van der Waals surface area contributed by atoms with E-state index in [0.717, 1.165) is 55.0 Å². The van der Waals surface area contributed by atoms with Gasteiger partial charge in [-0.2, -0.15) is 0 Å². The zero-order valence-corrected chi connectivity index (χ0v) is 25.8. The van der Waals surface area contributed by atoms with Gasteiger partial charge in [-0.05, 0) is 104 Å². The normalized spacial score (nSPS) is 37.4. The summed E-state index contributed by atoms with van der Waals surface area (Å²) in [5.74, 6) is 5.44. The van der Waals surface area contributed by atoms with Crippen LogP contribution in [-0.4, -0.2) is 46.4 Å². The molecule has 4 aliphatic carbocycles. The Balaban J connectivity index is 1.26. The monoisotopic (exact) mass is 532 g/mol. The van der Waals surface area contributed by atoms with Crippen molar-refractivity contribution in [1.82, 2.24) is 0 Å². The average molecular weight is 533 g/mol. The van der Waals surface area contributed by atoms with E-state index in [2.05, 4.69) is 40.7 Å². The van der Waals surface area contributed by atoms with Crippen LogP contribution in [0.5, 0.6) is 0 Å². The molecule has 3 saturated carbocycles. The van der Waals surface area contributed by atoms with Crippen LogP contribution in [0, 0.1) is 46.3 Å². The summed E-state index contributed by atoms with van der Waals surface area (Å²) in [4.78, 5) is 0. The first-order valence-electron chi connectivity index (χ1n) is 16.2. The van der Waals surface area contributed by atoms with Crippen LogP contribution < -0.4 is 0 Å². The van der Waals surface area contributed by atoms with Crippen molar-refractivity contribution in [1.29, 1.82) is 0 Å². The largest absolute Gasteiger partial charge is 0.382 e. The molecule has 0 bridgehead atoms. The minimum Gasteiger partial charge on any atom is -0.382 e. The topological polar surface area (TPSA) is 36.9 Å². The Kier molecular flexibility index (Phi) is 11.2. The summed E-state index contributed by atoms with van der Waals surface area (Å²) >= 11 is 0. The van der Waals surface area contributed by atoms with Crippen LogP contribution in [0.3, 0.4) is 0 Å². The second-order valence-corrected chi connectivity index (χ2v) is 14.3. The highest BCUT2D eigenvalue weighted by atomic mass is 16.7. The Hall–Kier alpha value is -0.420. The van der Waals surface area contributed by atoms with Crippen LogP contribution in [-0.2, 0) is 18.9 Å². The molecule has 38 heavy (non-hydrogen) atoms. The third-order valence-corrected chi connectivity index (χ3v) is 11.6. The van der Waals surface area contributed by atoms with Gasteiger partial charge in [0.1, 0.15) is 6.79 Å². The van der Waals surface area contributed by atoms with Crippen LogP contribution in [0.4, 0.5) is 0 Å². The molecule has 0 spiro atoms. The molecule has 0 saturated heterocycles. The maximum absolute atomic E-state index is 6.35. The highest BCUT2D eigenvalue weighted by Crippen LogP contribution is 2.67. The molecule has 4 nitrogen and oxygen atoms in total. The molecule has 4 heteroatoms. The van der Waals surface area contributed by atoms with Crippen LogP contribution in [0.1, 0.15) is 112 Å². The number of allylic oxidation sites excluding steroid dienone is 1. The lowest BCUT2D eigenvalue weighted by Crippen LogP contribution is -2.51. The number of hydrogen-bond donors (Lipinski definition) is 0. The van der Waals surface area contributed by atoms with Crippen molar-refractivity contribution in [3.63, 3.8) is 0 Å². The molecule has 0 aromatic carbocycles. The van der Waals surface area contributed by atoms with Crippen molar-refractivity contribution in [2.24, 2.45) is 46.3 Å². The number of ether oxygens (including phenoxy) is 4. The van der Waals surface area contributed by atoms with Crippen molar-refractivity contribution >= 4 is 0 Å². The molecule has 0 aromatic heterocycles. The molecule has 0 amide bonds. The molecular formula is C34H60O4. The van der Waals surface area contributed by atoms with Gasteiger partial charge in [-0.25, -0.2) is 0 Å². The van der Waals surface area contributed by atoms with Gasteiger partial charge >= 0.3 is 0 Å². The molecule has 4 aliphatic rings. The summed E-state index contributed by atoms with van der Waals surface area (Å²) in [6.07, 6.45) is 19.2. The first-order chi connectivity index (χ1) is 18.3. The average Bonchev–Trinajstić information content (AvgIpc) is 3.25. The summed E-state index contributed by atoms with van der Waals surface area (Å²) < 4.78 is 22.2. The van der Waals surface area contributed by atoms with Crippen LogP contribution in [0.25, 0.3) is 0 Å². The maximum Gasteiger partial charge on any atom is 0.146 e. The van der Waals surface area contributed by atoms with Crippen LogP contribution >= 0.6 is 0 Å². The Morgan fingerprint density at radius 1 is 0.868 bits per heavy atom. The van der Waals surface area contributed by atoms with Gasteiger partial charge in [0.2, 0.25) is 0 Å². The molecule has 0 radical (unpaired) electrons. The predicted molar refractivity (Wildman–Crippen MR) is 156 cm³/mol. The Morgan fingerprint density at radius 3 is 2.47 bits per heavy atom. The zero-order valence-electron chi connectivity index (χ0n) is 25.8. The Labute approximate surface area is 235 Å². The Morgan fingerprint density at radius 2 is 1.68 bits per heavy atom. The lowest BCUT2D eigenvalue weighted by atomic mass is 9.47. The van der Waals surface area contributed by atoms with Gasteiger partial charge in [-0.15, -0.1) is 0 Å². The molecule has 1 unspecified atom stereocenters. The van der Waals surface area contributed by atoms with Crippen molar-refractivity contribution < 1.29 is 18.9 Å². The van der Waals surface area contributed by atoms with Gasteiger partial charge in [-0.3, -0.25) is 0 Å². The van der Waals surface area contributed by atoms with E-state index in [0.29, 0.717) is 43.5 Å². The molecular weight excluding hydrogens is 472 g/mol. The van der Waals surface area contributed by atoms with Crippen molar-refractivity contribution in [2.75, 3.05) is 40.3 Å². The van der Waals surface area contributed by atoms with Gasteiger partial charge < -0.3 is 18.9 Å². The van der Waals surface area contributed by atoms with Crippen LogP contribution in [0.2, 0.25) is 0 Å². The third-order valence-electron chi connectivity index (χ3n) is 11.6.